The summed E-state index contributed by atoms with van der Waals surface area (Å²) in [5.74, 6) is 0.674. The van der Waals surface area contributed by atoms with Gasteiger partial charge in [0, 0.05) is 36.9 Å². The summed E-state index contributed by atoms with van der Waals surface area (Å²) >= 11 is 0. The van der Waals surface area contributed by atoms with Gasteiger partial charge < -0.3 is 14.2 Å². The number of piperidine rings is 1. The highest BCUT2D eigenvalue weighted by Crippen LogP contribution is 2.36. The molecule has 136 valence electrons. The van der Waals surface area contributed by atoms with Gasteiger partial charge in [-0.15, -0.1) is 0 Å². The Morgan fingerprint density at radius 1 is 1.12 bits per heavy atom. The summed E-state index contributed by atoms with van der Waals surface area (Å²) in [5, 5.41) is 4.55. The highest BCUT2D eigenvalue weighted by Gasteiger charge is 2.52. The van der Waals surface area contributed by atoms with Gasteiger partial charge in [0.2, 0.25) is 5.91 Å². The Morgan fingerprint density at radius 2 is 1.72 bits per heavy atom. The minimum atomic E-state index is -0.365. The van der Waals surface area contributed by atoms with Gasteiger partial charge >= 0.3 is 7.12 Å². The Balaban J connectivity index is 1.38. The van der Waals surface area contributed by atoms with Crippen LogP contribution in [0.4, 0.5) is 0 Å². The first-order valence-corrected chi connectivity index (χ1v) is 9.45. The first-order chi connectivity index (χ1) is 11.8. The molecule has 1 aromatic rings. The Morgan fingerprint density at radius 3 is 2.28 bits per heavy atom. The first kappa shape index (κ1) is 17.1. The molecular formula is C18H28BN3O3. The van der Waals surface area contributed by atoms with Crippen LogP contribution >= 0.6 is 0 Å². The lowest BCUT2D eigenvalue weighted by molar-refractivity contribution is -0.133. The van der Waals surface area contributed by atoms with E-state index < -0.39 is 0 Å². The van der Waals surface area contributed by atoms with Crippen molar-refractivity contribution in [3.8, 4) is 0 Å². The van der Waals surface area contributed by atoms with E-state index in [9.17, 15) is 4.79 Å². The van der Waals surface area contributed by atoms with Crippen LogP contribution in [0.25, 0.3) is 0 Å². The van der Waals surface area contributed by atoms with E-state index in [0.29, 0.717) is 17.9 Å². The van der Waals surface area contributed by atoms with Crippen LogP contribution in [-0.4, -0.2) is 52.0 Å². The lowest BCUT2D eigenvalue weighted by Gasteiger charge is -2.32. The normalized spacial score (nSPS) is 26.2. The molecular weight excluding hydrogens is 317 g/mol. The van der Waals surface area contributed by atoms with Gasteiger partial charge in [-0.25, -0.2) is 0 Å². The van der Waals surface area contributed by atoms with Crippen LogP contribution in [-0.2, 0) is 14.1 Å². The van der Waals surface area contributed by atoms with Crippen LogP contribution in [0.15, 0.2) is 12.4 Å². The highest BCUT2D eigenvalue weighted by atomic mass is 16.7. The van der Waals surface area contributed by atoms with Crippen molar-refractivity contribution >= 4 is 18.5 Å². The monoisotopic (exact) mass is 345 g/mol. The number of hydrogen-bond donors (Lipinski definition) is 0. The lowest BCUT2D eigenvalue weighted by atomic mass is 9.82. The van der Waals surface area contributed by atoms with E-state index in [2.05, 4.69) is 32.8 Å². The van der Waals surface area contributed by atoms with Gasteiger partial charge in [0.15, 0.2) is 0 Å². The molecule has 0 bridgehead atoms. The van der Waals surface area contributed by atoms with Crippen molar-refractivity contribution in [3.05, 3.63) is 12.4 Å². The third kappa shape index (κ3) is 3.12. The maximum Gasteiger partial charge on any atom is 0.498 e. The molecule has 1 amide bonds. The largest absolute Gasteiger partial charge is 0.498 e. The lowest BCUT2D eigenvalue weighted by Crippen LogP contribution is -2.41. The molecule has 25 heavy (non-hydrogen) atoms. The number of rotatable bonds is 3. The SMILES string of the molecule is CC1(C)OB(c2cnn(C3CCN(C(=O)C4CC4)CC3)c2)OC1(C)C. The molecule has 6 nitrogen and oxygen atoms in total. The Bertz CT molecular complexity index is 644. The van der Waals surface area contributed by atoms with E-state index in [-0.39, 0.29) is 18.3 Å². The maximum atomic E-state index is 12.2. The molecule has 0 unspecified atom stereocenters. The number of carbonyl (C=O) groups excluding carboxylic acids is 1. The summed E-state index contributed by atoms with van der Waals surface area (Å²) in [6.07, 6.45) is 7.98. The minimum Gasteiger partial charge on any atom is -0.399 e. The first-order valence-electron chi connectivity index (χ1n) is 9.45. The van der Waals surface area contributed by atoms with Crippen molar-refractivity contribution in [1.29, 1.82) is 0 Å². The molecule has 2 aliphatic heterocycles. The summed E-state index contributed by atoms with van der Waals surface area (Å²) in [5.41, 5.74) is 0.290. The highest BCUT2D eigenvalue weighted by molar-refractivity contribution is 6.62. The van der Waals surface area contributed by atoms with E-state index in [1.807, 2.05) is 22.0 Å². The molecule has 0 N–H and O–H groups in total. The van der Waals surface area contributed by atoms with E-state index >= 15 is 0 Å². The van der Waals surface area contributed by atoms with Gasteiger partial charge in [-0.3, -0.25) is 9.48 Å². The predicted molar refractivity (Wildman–Crippen MR) is 95.5 cm³/mol. The van der Waals surface area contributed by atoms with Crippen molar-refractivity contribution in [2.24, 2.45) is 5.92 Å². The fourth-order valence-electron chi connectivity index (χ4n) is 3.59. The maximum absolute atomic E-state index is 12.2. The second-order valence-corrected chi connectivity index (χ2v) is 8.67. The molecule has 0 radical (unpaired) electrons. The zero-order chi connectivity index (χ0) is 17.8. The Kier molecular flexibility index (Phi) is 4.00. The molecule has 0 spiro atoms. The van der Waals surface area contributed by atoms with Crippen molar-refractivity contribution in [2.45, 2.75) is 70.6 Å². The average Bonchev–Trinajstić information content (AvgIpc) is 3.24. The van der Waals surface area contributed by atoms with Crippen LogP contribution < -0.4 is 5.46 Å². The van der Waals surface area contributed by atoms with E-state index in [1.165, 1.54) is 0 Å². The average molecular weight is 345 g/mol. The third-order valence-electron chi connectivity index (χ3n) is 6.22. The van der Waals surface area contributed by atoms with Gasteiger partial charge in [0.1, 0.15) is 0 Å². The number of amides is 1. The molecule has 0 atom stereocenters. The standard InChI is InChI=1S/C18H28BN3O3/c1-17(2)18(3,4)25-19(24-17)14-11-20-22(12-14)15-7-9-21(10-8-15)16(23)13-5-6-13/h11-13,15H,5-10H2,1-4H3. The third-order valence-corrected chi connectivity index (χ3v) is 6.22. The van der Waals surface area contributed by atoms with Gasteiger partial charge in [-0.05, 0) is 53.4 Å². The second-order valence-electron chi connectivity index (χ2n) is 8.67. The number of nitrogens with zero attached hydrogens (tertiary/aromatic N) is 3. The van der Waals surface area contributed by atoms with Crippen molar-refractivity contribution in [2.75, 3.05) is 13.1 Å². The quantitative estimate of drug-likeness (QED) is 0.784. The summed E-state index contributed by atoms with van der Waals surface area (Å²) in [7, 11) is -0.365. The molecule has 3 heterocycles. The summed E-state index contributed by atoms with van der Waals surface area (Å²) < 4.78 is 14.2. The molecule has 1 saturated carbocycles. The van der Waals surface area contributed by atoms with Crippen molar-refractivity contribution in [1.82, 2.24) is 14.7 Å². The molecule has 7 heteroatoms. The molecule has 0 aromatic carbocycles. The summed E-state index contributed by atoms with van der Waals surface area (Å²) in [6, 6.07) is 0.347. The molecule has 1 aromatic heterocycles. The van der Waals surface area contributed by atoms with Gasteiger partial charge in [-0.2, -0.15) is 5.10 Å². The summed E-state index contributed by atoms with van der Waals surface area (Å²) in [6.45, 7) is 9.92. The zero-order valence-corrected chi connectivity index (χ0v) is 15.7. The number of carbonyl (C=O) groups is 1. The van der Waals surface area contributed by atoms with E-state index in [1.54, 1.807) is 0 Å². The topological polar surface area (TPSA) is 56.6 Å². The minimum absolute atomic E-state index is 0.316. The van der Waals surface area contributed by atoms with Crippen LogP contribution in [0.1, 0.15) is 59.4 Å². The van der Waals surface area contributed by atoms with Gasteiger partial charge in [-0.1, -0.05) is 0 Å². The fourth-order valence-corrected chi connectivity index (χ4v) is 3.59. The Labute approximate surface area is 150 Å². The molecule has 1 aliphatic carbocycles. The summed E-state index contributed by atoms with van der Waals surface area (Å²) in [4.78, 5) is 14.2. The van der Waals surface area contributed by atoms with Crippen LogP contribution in [0, 0.1) is 5.92 Å². The Hall–Kier alpha value is -1.34. The zero-order valence-electron chi connectivity index (χ0n) is 15.7. The van der Waals surface area contributed by atoms with Gasteiger partial charge in [0.05, 0.1) is 17.2 Å². The smallest absolute Gasteiger partial charge is 0.399 e. The second kappa shape index (κ2) is 5.84. The van der Waals surface area contributed by atoms with E-state index in [4.69, 9.17) is 9.31 Å². The number of likely N-dealkylation sites (tertiary alicyclic amines) is 1. The number of hydrogen-bond acceptors (Lipinski definition) is 4. The molecule has 4 rings (SSSR count). The number of aromatic nitrogens is 2. The van der Waals surface area contributed by atoms with Crippen molar-refractivity contribution in [3.63, 3.8) is 0 Å². The van der Waals surface area contributed by atoms with Crippen LogP contribution in [0.3, 0.4) is 0 Å². The molecule has 3 aliphatic rings. The molecule has 3 fully saturated rings. The van der Waals surface area contributed by atoms with Crippen LogP contribution in [0.2, 0.25) is 0 Å². The van der Waals surface area contributed by atoms with Crippen LogP contribution in [0.5, 0.6) is 0 Å². The van der Waals surface area contributed by atoms with E-state index in [0.717, 1.165) is 44.2 Å². The molecule has 2 saturated heterocycles. The van der Waals surface area contributed by atoms with Crippen molar-refractivity contribution < 1.29 is 14.1 Å². The van der Waals surface area contributed by atoms with Gasteiger partial charge in [0.25, 0.3) is 0 Å². The fraction of sp³-hybridized carbons (Fsp3) is 0.778. The predicted octanol–water partition coefficient (Wildman–Crippen LogP) is 1.76.